The van der Waals surface area contributed by atoms with Crippen molar-refractivity contribution in [3.8, 4) is 5.75 Å². The molecular weight excluding hydrogens is 238 g/mol. The highest BCUT2D eigenvalue weighted by Crippen LogP contribution is 2.25. The van der Waals surface area contributed by atoms with Crippen molar-refractivity contribution in [2.75, 3.05) is 33.8 Å². The van der Waals surface area contributed by atoms with Crippen LogP contribution in [0.5, 0.6) is 5.75 Å². The minimum atomic E-state index is 0.568. The van der Waals surface area contributed by atoms with Crippen LogP contribution in [0.3, 0.4) is 0 Å². The Balaban J connectivity index is 1.87. The number of hydrogen-bond donors (Lipinski definition) is 2. The molecule has 1 aromatic heterocycles. The second-order valence-electron chi connectivity index (χ2n) is 5.27. The number of aromatic nitrogens is 1. The molecule has 4 nitrogen and oxygen atoms in total. The molecule has 1 aliphatic heterocycles. The lowest BCUT2D eigenvalue weighted by Gasteiger charge is -2.33. The second kappa shape index (κ2) is 5.23. The SMILES string of the molecule is COc1ccc2[nH]cc(CC3CNCCN3C)c2c1. The Morgan fingerprint density at radius 2 is 2.32 bits per heavy atom. The minimum Gasteiger partial charge on any atom is -0.497 e. The molecule has 3 rings (SSSR count). The number of benzene rings is 1. The first-order valence-corrected chi connectivity index (χ1v) is 6.83. The van der Waals surface area contributed by atoms with Crippen molar-refractivity contribution in [3.63, 3.8) is 0 Å². The topological polar surface area (TPSA) is 40.3 Å². The maximum atomic E-state index is 5.32. The van der Waals surface area contributed by atoms with Gasteiger partial charge >= 0.3 is 0 Å². The van der Waals surface area contributed by atoms with Gasteiger partial charge in [-0.2, -0.15) is 0 Å². The Kier molecular flexibility index (Phi) is 3.44. The number of piperazine rings is 1. The van der Waals surface area contributed by atoms with Gasteiger partial charge < -0.3 is 19.9 Å². The largest absolute Gasteiger partial charge is 0.497 e. The van der Waals surface area contributed by atoms with Gasteiger partial charge in [-0.05, 0) is 37.2 Å². The molecule has 0 aliphatic carbocycles. The lowest BCUT2D eigenvalue weighted by atomic mass is 10.0. The summed E-state index contributed by atoms with van der Waals surface area (Å²) in [6.45, 7) is 3.28. The lowest BCUT2D eigenvalue weighted by Crippen LogP contribution is -2.50. The summed E-state index contributed by atoms with van der Waals surface area (Å²) in [7, 11) is 3.92. The van der Waals surface area contributed by atoms with Crippen molar-refractivity contribution in [1.29, 1.82) is 0 Å². The molecular formula is C15H21N3O. The standard InChI is InChI=1S/C15H21N3O/c1-18-6-5-16-10-12(18)7-11-9-17-15-4-3-13(19-2)8-14(11)15/h3-4,8-9,12,16-17H,5-7,10H2,1-2H3. The normalized spacial score (nSPS) is 20.8. The Labute approximate surface area is 113 Å². The number of aromatic amines is 1. The summed E-state index contributed by atoms with van der Waals surface area (Å²) in [5, 5.41) is 4.75. The molecule has 4 heteroatoms. The van der Waals surface area contributed by atoms with E-state index in [0.29, 0.717) is 6.04 Å². The summed E-state index contributed by atoms with van der Waals surface area (Å²) >= 11 is 0. The monoisotopic (exact) mass is 259 g/mol. The summed E-state index contributed by atoms with van der Waals surface area (Å²) in [4.78, 5) is 5.79. The van der Waals surface area contributed by atoms with Crippen LogP contribution in [0.2, 0.25) is 0 Å². The van der Waals surface area contributed by atoms with E-state index < -0.39 is 0 Å². The average molecular weight is 259 g/mol. The maximum Gasteiger partial charge on any atom is 0.119 e. The number of H-pyrrole nitrogens is 1. The number of methoxy groups -OCH3 is 1. The molecule has 19 heavy (non-hydrogen) atoms. The van der Waals surface area contributed by atoms with Gasteiger partial charge in [-0.1, -0.05) is 0 Å². The van der Waals surface area contributed by atoms with Gasteiger partial charge in [0.1, 0.15) is 5.75 Å². The summed E-state index contributed by atoms with van der Waals surface area (Å²) in [5.41, 5.74) is 2.55. The summed E-state index contributed by atoms with van der Waals surface area (Å²) in [5.74, 6) is 0.920. The van der Waals surface area contributed by atoms with Crippen LogP contribution in [0.25, 0.3) is 10.9 Å². The summed E-state index contributed by atoms with van der Waals surface area (Å²) < 4.78 is 5.32. The molecule has 0 amide bonds. The van der Waals surface area contributed by atoms with E-state index in [1.54, 1.807) is 7.11 Å². The third kappa shape index (κ3) is 2.46. The molecule has 0 radical (unpaired) electrons. The average Bonchev–Trinajstić information content (AvgIpc) is 2.84. The molecule has 2 N–H and O–H groups in total. The van der Waals surface area contributed by atoms with Gasteiger partial charge in [-0.3, -0.25) is 0 Å². The van der Waals surface area contributed by atoms with Crippen LogP contribution in [0.4, 0.5) is 0 Å². The van der Waals surface area contributed by atoms with Crippen LogP contribution in [0.1, 0.15) is 5.56 Å². The highest BCUT2D eigenvalue weighted by atomic mass is 16.5. The number of likely N-dealkylation sites (N-methyl/N-ethyl adjacent to an activating group) is 1. The van der Waals surface area contributed by atoms with Crippen molar-refractivity contribution in [3.05, 3.63) is 30.0 Å². The molecule has 1 aliphatic rings. The fraction of sp³-hybridized carbons (Fsp3) is 0.467. The van der Waals surface area contributed by atoms with E-state index in [9.17, 15) is 0 Å². The van der Waals surface area contributed by atoms with Crippen molar-refractivity contribution in [2.24, 2.45) is 0 Å². The molecule has 0 bridgehead atoms. The third-order valence-corrected chi connectivity index (χ3v) is 4.07. The van der Waals surface area contributed by atoms with E-state index in [-0.39, 0.29) is 0 Å². The van der Waals surface area contributed by atoms with Crippen LogP contribution >= 0.6 is 0 Å². The number of fused-ring (bicyclic) bond motifs is 1. The number of hydrogen-bond acceptors (Lipinski definition) is 3. The van der Waals surface area contributed by atoms with E-state index >= 15 is 0 Å². The van der Waals surface area contributed by atoms with Gasteiger partial charge in [0.05, 0.1) is 7.11 Å². The van der Waals surface area contributed by atoms with Crippen molar-refractivity contribution in [2.45, 2.75) is 12.5 Å². The molecule has 1 fully saturated rings. The highest BCUT2D eigenvalue weighted by Gasteiger charge is 2.20. The van der Waals surface area contributed by atoms with Gasteiger partial charge in [-0.15, -0.1) is 0 Å². The van der Waals surface area contributed by atoms with E-state index in [0.717, 1.165) is 31.8 Å². The lowest BCUT2D eigenvalue weighted by molar-refractivity contribution is 0.199. The zero-order valence-electron chi connectivity index (χ0n) is 11.6. The van der Waals surface area contributed by atoms with E-state index in [1.807, 2.05) is 6.07 Å². The molecule has 2 heterocycles. The first-order chi connectivity index (χ1) is 9.28. The zero-order chi connectivity index (χ0) is 13.2. The van der Waals surface area contributed by atoms with Crippen LogP contribution in [-0.4, -0.2) is 49.7 Å². The van der Waals surface area contributed by atoms with E-state index in [1.165, 1.54) is 16.5 Å². The molecule has 1 aromatic carbocycles. The zero-order valence-corrected chi connectivity index (χ0v) is 11.6. The van der Waals surface area contributed by atoms with Gasteiger partial charge in [0.25, 0.3) is 0 Å². The summed E-state index contributed by atoms with van der Waals surface area (Å²) in [6, 6.07) is 6.77. The number of nitrogens with zero attached hydrogens (tertiary/aromatic N) is 1. The van der Waals surface area contributed by atoms with Crippen LogP contribution in [-0.2, 0) is 6.42 Å². The molecule has 102 valence electrons. The van der Waals surface area contributed by atoms with Gasteiger partial charge in [0, 0.05) is 42.8 Å². The first-order valence-electron chi connectivity index (χ1n) is 6.83. The molecule has 1 saturated heterocycles. The Bertz CT molecular complexity index is 564. The van der Waals surface area contributed by atoms with Gasteiger partial charge in [-0.25, -0.2) is 0 Å². The minimum absolute atomic E-state index is 0.568. The van der Waals surface area contributed by atoms with Crippen molar-refractivity contribution in [1.82, 2.24) is 15.2 Å². The molecule has 1 atom stereocenters. The van der Waals surface area contributed by atoms with Crippen LogP contribution in [0, 0.1) is 0 Å². The number of rotatable bonds is 3. The summed E-state index contributed by atoms with van der Waals surface area (Å²) in [6.07, 6.45) is 3.20. The number of ether oxygens (including phenoxy) is 1. The van der Waals surface area contributed by atoms with Crippen molar-refractivity contribution < 1.29 is 4.74 Å². The molecule has 2 aromatic rings. The fourth-order valence-electron chi connectivity index (χ4n) is 2.80. The predicted molar refractivity (Wildman–Crippen MR) is 77.8 cm³/mol. The maximum absolute atomic E-state index is 5.32. The van der Waals surface area contributed by atoms with Gasteiger partial charge in [0.2, 0.25) is 0 Å². The smallest absolute Gasteiger partial charge is 0.119 e. The van der Waals surface area contributed by atoms with Crippen LogP contribution < -0.4 is 10.1 Å². The fourth-order valence-corrected chi connectivity index (χ4v) is 2.80. The quantitative estimate of drug-likeness (QED) is 0.880. The predicted octanol–water partition coefficient (Wildman–Crippen LogP) is 1.62. The van der Waals surface area contributed by atoms with Crippen molar-refractivity contribution >= 4 is 10.9 Å². The van der Waals surface area contributed by atoms with Gasteiger partial charge in [0.15, 0.2) is 0 Å². The Hall–Kier alpha value is -1.52. The second-order valence-corrected chi connectivity index (χ2v) is 5.27. The van der Waals surface area contributed by atoms with Crippen LogP contribution in [0.15, 0.2) is 24.4 Å². The highest BCUT2D eigenvalue weighted by molar-refractivity contribution is 5.84. The van der Waals surface area contributed by atoms with E-state index in [2.05, 4.69) is 40.6 Å². The number of nitrogens with one attached hydrogen (secondary N) is 2. The van der Waals surface area contributed by atoms with E-state index in [4.69, 9.17) is 4.74 Å². The third-order valence-electron chi connectivity index (χ3n) is 4.07. The first kappa shape index (κ1) is 12.5. The molecule has 0 saturated carbocycles. The molecule has 1 unspecified atom stereocenters. The molecule has 0 spiro atoms. The Morgan fingerprint density at radius 3 is 3.11 bits per heavy atom. The Morgan fingerprint density at radius 1 is 1.42 bits per heavy atom.